The highest BCUT2D eigenvalue weighted by Gasteiger charge is 2.36. The lowest BCUT2D eigenvalue weighted by atomic mass is 10.1. The molecule has 2 saturated heterocycles. The molecule has 2 aliphatic rings. The third kappa shape index (κ3) is 5.37. The van der Waals surface area contributed by atoms with Crippen molar-refractivity contribution in [2.45, 2.75) is 17.5 Å². The van der Waals surface area contributed by atoms with E-state index in [2.05, 4.69) is 14.9 Å². The summed E-state index contributed by atoms with van der Waals surface area (Å²) in [6.07, 6.45) is 5.65. The number of aromatic nitrogens is 2. The van der Waals surface area contributed by atoms with Gasteiger partial charge in [-0.15, -0.1) is 11.8 Å². The minimum absolute atomic E-state index is 0.0693. The van der Waals surface area contributed by atoms with E-state index in [1.807, 2.05) is 41.6 Å². The van der Waals surface area contributed by atoms with Crippen molar-refractivity contribution in [3.05, 3.63) is 48.0 Å². The average Bonchev–Trinajstić information content (AvgIpc) is 3.06. The van der Waals surface area contributed by atoms with Gasteiger partial charge in [0.05, 0.1) is 31.4 Å². The highest BCUT2D eigenvalue weighted by molar-refractivity contribution is 7.98. The van der Waals surface area contributed by atoms with E-state index in [0.29, 0.717) is 19.1 Å². The highest BCUT2D eigenvalue weighted by atomic mass is 32.2. The number of amides is 1. The first-order valence-electron chi connectivity index (χ1n) is 9.46. The van der Waals surface area contributed by atoms with E-state index in [4.69, 9.17) is 14.6 Å². The van der Waals surface area contributed by atoms with Gasteiger partial charge in [-0.2, -0.15) is 0 Å². The van der Waals surface area contributed by atoms with Crippen LogP contribution in [-0.4, -0.2) is 82.4 Å². The molecule has 2 aliphatic heterocycles. The average molecular weight is 419 g/mol. The Morgan fingerprint density at radius 2 is 2.14 bits per heavy atom. The van der Waals surface area contributed by atoms with Gasteiger partial charge in [0, 0.05) is 42.8 Å². The van der Waals surface area contributed by atoms with Crippen molar-refractivity contribution < 1.29 is 19.4 Å². The van der Waals surface area contributed by atoms with E-state index in [-0.39, 0.29) is 18.4 Å². The van der Waals surface area contributed by atoms with Crippen molar-refractivity contribution in [3.8, 4) is 0 Å². The molecule has 0 saturated carbocycles. The number of hydrogen-bond donors (Lipinski definition) is 2. The number of benzene rings is 1. The Bertz CT molecular complexity index is 802. The van der Waals surface area contributed by atoms with Gasteiger partial charge in [-0.25, -0.2) is 4.98 Å². The lowest BCUT2D eigenvalue weighted by Gasteiger charge is -2.31. The highest BCUT2D eigenvalue weighted by Crippen LogP contribution is 2.26. The summed E-state index contributed by atoms with van der Waals surface area (Å²) in [6, 6.07) is 7.94. The number of rotatable bonds is 4. The van der Waals surface area contributed by atoms with E-state index >= 15 is 0 Å². The summed E-state index contributed by atoms with van der Waals surface area (Å²) in [5.74, 6) is 1.41. The SMILES string of the molecule is CSc1ccccc1C(=O)N1C[C@H]2COC[C@@H]1CN(Cc1ncc[nH]1)C2.O=CO. The number of nitrogens with zero attached hydrogens (tertiary/aromatic N) is 3. The van der Waals surface area contributed by atoms with Gasteiger partial charge in [-0.3, -0.25) is 14.5 Å². The quantitative estimate of drug-likeness (QED) is 0.577. The van der Waals surface area contributed by atoms with E-state index in [1.165, 1.54) is 0 Å². The molecule has 1 aromatic heterocycles. The molecule has 2 atom stereocenters. The zero-order chi connectivity index (χ0) is 20.6. The maximum absolute atomic E-state index is 13.3. The standard InChI is InChI=1S/C19H24N4O2S.CH2O2/c1-26-17-5-3-2-4-16(17)19(24)23-9-14-8-22(10-15(23)13-25-12-14)11-18-20-6-7-21-18;2-1-3/h2-7,14-15H,8-13H2,1H3,(H,20,21);1H,(H,2,3)/t14-,15-;/m0./s1. The molecule has 8 nitrogen and oxygen atoms in total. The fourth-order valence-electron chi connectivity index (χ4n) is 3.89. The molecule has 2 N–H and O–H groups in total. The van der Waals surface area contributed by atoms with Crippen molar-refractivity contribution in [1.29, 1.82) is 0 Å². The normalized spacial score (nSPS) is 21.6. The molecule has 2 bridgehead atoms. The second-order valence-corrected chi connectivity index (χ2v) is 7.90. The van der Waals surface area contributed by atoms with Crippen LogP contribution in [0.5, 0.6) is 0 Å². The number of H-pyrrole nitrogens is 1. The van der Waals surface area contributed by atoms with Crippen LogP contribution in [0.4, 0.5) is 0 Å². The van der Waals surface area contributed by atoms with Gasteiger partial charge in [0.2, 0.25) is 0 Å². The molecule has 29 heavy (non-hydrogen) atoms. The number of fused-ring (bicyclic) bond motifs is 3. The van der Waals surface area contributed by atoms with Crippen LogP contribution in [0.3, 0.4) is 0 Å². The molecule has 2 fully saturated rings. The molecular weight excluding hydrogens is 392 g/mol. The molecule has 4 rings (SSSR count). The summed E-state index contributed by atoms with van der Waals surface area (Å²) in [5.41, 5.74) is 0.796. The molecule has 0 unspecified atom stereocenters. The minimum atomic E-state index is -0.250. The van der Waals surface area contributed by atoms with Crippen LogP contribution in [-0.2, 0) is 16.1 Å². The lowest BCUT2D eigenvalue weighted by Crippen LogP contribution is -2.46. The second-order valence-electron chi connectivity index (χ2n) is 7.05. The summed E-state index contributed by atoms with van der Waals surface area (Å²) in [7, 11) is 0. The van der Waals surface area contributed by atoms with E-state index in [9.17, 15) is 4.79 Å². The summed E-state index contributed by atoms with van der Waals surface area (Å²) in [4.78, 5) is 34.7. The van der Waals surface area contributed by atoms with Crippen LogP contribution in [0.2, 0.25) is 0 Å². The van der Waals surface area contributed by atoms with E-state index in [0.717, 1.165) is 42.5 Å². The first-order chi connectivity index (χ1) is 14.2. The monoisotopic (exact) mass is 418 g/mol. The molecule has 3 heterocycles. The second kappa shape index (κ2) is 10.4. The summed E-state index contributed by atoms with van der Waals surface area (Å²) < 4.78 is 5.87. The smallest absolute Gasteiger partial charge is 0.290 e. The molecule has 1 amide bonds. The van der Waals surface area contributed by atoms with Crippen molar-refractivity contribution in [3.63, 3.8) is 0 Å². The molecule has 0 radical (unpaired) electrons. The third-order valence-corrected chi connectivity index (χ3v) is 5.87. The Kier molecular flexibility index (Phi) is 7.68. The predicted octanol–water partition coefficient (Wildman–Crippen LogP) is 1.81. The van der Waals surface area contributed by atoms with E-state index < -0.39 is 0 Å². The largest absolute Gasteiger partial charge is 0.483 e. The number of imidazole rings is 1. The van der Waals surface area contributed by atoms with Crippen LogP contribution in [0.25, 0.3) is 0 Å². The van der Waals surface area contributed by atoms with Crippen LogP contribution in [0.1, 0.15) is 16.2 Å². The number of nitrogens with one attached hydrogen (secondary N) is 1. The molecule has 1 aromatic carbocycles. The fourth-order valence-corrected chi connectivity index (χ4v) is 4.48. The van der Waals surface area contributed by atoms with E-state index in [1.54, 1.807) is 18.0 Å². The van der Waals surface area contributed by atoms with Crippen LogP contribution < -0.4 is 0 Å². The molecule has 0 spiro atoms. The van der Waals surface area contributed by atoms with Crippen LogP contribution in [0, 0.1) is 5.92 Å². The number of carbonyl (C=O) groups is 2. The predicted molar refractivity (Wildman–Crippen MR) is 110 cm³/mol. The first-order valence-corrected chi connectivity index (χ1v) is 10.7. The van der Waals surface area contributed by atoms with Crippen molar-refractivity contribution in [2.24, 2.45) is 5.92 Å². The van der Waals surface area contributed by atoms with Gasteiger partial charge in [0.25, 0.3) is 12.4 Å². The third-order valence-electron chi connectivity index (χ3n) is 5.07. The maximum Gasteiger partial charge on any atom is 0.290 e. The van der Waals surface area contributed by atoms with Gasteiger partial charge >= 0.3 is 0 Å². The summed E-state index contributed by atoms with van der Waals surface area (Å²) in [6.45, 7) is 4.32. The summed E-state index contributed by atoms with van der Waals surface area (Å²) >= 11 is 1.62. The Hall–Kier alpha value is -2.36. The molecule has 0 aliphatic carbocycles. The minimum Gasteiger partial charge on any atom is -0.483 e. The van der Waals surface area contributed by atoms with Crippen LogP contribution >= 0.6 is 11.8 Å². The Morgan fingerprint density at radius 3 is 2.86 bits per heavy atom. The molecule has 9 heteroatoms. The van der Waals surface area contributed by atoms with Gasteiger partial charge < -0.3 is 19.7 Å². The van der Waals surface area contributed by atoms with Gasteiger partial charge in [0.1, 0.15) is 5.82 Å². The number of carboxylic acid groups (broad SMARTS) is 1. The zero-order valence-corrected chi connectivity index (χ0v) is 17.2. The maximum atomic E-state index is 13.3. The van der Waals surface area contributed by atoms with Crippen molar-refractivity contribution in [2.75, 3.05) is 39.1 Å². The zero-order valence-electron chi connectivity index (χ0n) is 16.4. The van der Waals surface area contributed by atoms with Crippen molar-refractivity contribution in [1.82, 2.24) is 19.8 Å². The molecule has 2 aromatic rings. The van der Waals surface area contributed by atoms with Crippen molar-refractivity contribution >= 4 is 24.1 Å². The Labute approximate surface area is 174 Å². The Balaban J connectivity index is 0.000000755. The fraction of sp³-hybridized carbons (Fsp3) is 0.450. The number of thioether (sulfide) groups is 1. The topological polar surface area (TPSA) is 98.8 Å². The number of carbonyl (C=O) groups excluding carboxylic acids is 1. The lowest BCUT2D eigenvalue weighted by molar-refractivity contribution is -0.122. The van der Waals surface area contributed by atoms with Gasteiger partial charge in [-0.05, 0) is 18.4 Å². The Morgan fingerprint density at radius 1 is 1.34 bits per heavy atom. The van der Waals surface area contributed by atoms with Gasteiger partial charge in [0.15, 0.2) is 0 Å². The first kappa shape index (κ1) is 21.4. The summed E-state index contributed by atoms with van der Waals surface area (Å²) in [5, 5.41) is 6.89. The molecule has 156 valence electrons. The number of ether oxygens (including phenoxy) is 1. The number of aromatic amines is 1. The van der Waals surface area contributed by atoms with Crippen LogP contribution in [0.15, 0.2) is 41.6 Å². The molecular formula is C20H26N4O4S. The van der Waals surface area contributed by atoms with Gasteiger partial charge in [-0.1, -0.05) is 12.1 Å². The number of hydrogen-bond acceptors (Lipinski definition) is 6.